The molecule has 0 aliphatic heterocycles. The van der Waals surface area contributed by atoms with Crippen molar-refractivity contribution in [3.8, 4) is 5.75 Å². The first-order chi connectivity index (χ1) is 5.65. The van der Waals surface area contributed by atoms with E-state index in [0.29, 0.717) is 5.75 Å². The number of phenols is 1. The lowest BCUT2D eigenvalue weighted by atomic mass is 10.1. The van der Waals surface area contributed by atoms with Crippen LogP contribution in [-0.4, -0.2) is 17.9 Å². The van der Waals surface area contributed by atoms with E-state index in [-0.39, 0.29) is 0 Å². The first-order valence-electron chi connectivity index (χ1n) is 3.88. The highest BCUT2D eigenvalue weighted by atomic mass is 16.3. The van der Waals surface area contributed by atoms with Crippen LogP contribution in [0.25, 0.3) is 0 Å². The Morgan fingerprint density at radius 1 is 1.42 bits per heavy atom. The molecule has 0 radical (unpaired) electrons. The average Bonchev–Trinajstić information content (AvgIpc) is 2.03. The summed E-state index contributed by atoms with van der Waals surface area (Å²) in [7, 11) is 1.72. The highest BCUT2D eigenvalue weighted by molar-refractivity contribution is 6.00. The molecule has 0 saturated heterocycles. The fraction of sp³-hybridized carbons (Fsp3) is 0.300. The van der Waals surface area contributed by atoms with Crippen molar-refractivity contribution in [2.45, 2.75) is 13.8 Å². The molecule has 0 aromatic heterocycles. The third-order valence-electron chi connectivity index (χ3n) is 1.88. The molecule has 12 heavy (non-hydrogen) atoms. The second kappa shape index (κ2) is 3.39. The monoisotopic (exact) mass is 163 g/mol. The Morgan fingerprint density at radius 2 is 2.08 bits per heavy atom. The van der Waals surface area contributed by atoms with Crippen molar-refractivity contribution in [3.05, 3.63) is 29.3 Å². The third-order valence-corrected chi connectivity index (χ3v) is 1.88. The topological polar surface area (TPSA) is 32.6 Å². The van der Waals surface area contributed by atoms with Crippen molar-refractivity contribution in [1.82, 2.24) is 0 Å². The van der Waals surface area contributed by atoms with Crippen molar-refractivity contribution < 1.29 is 5.11 Å². The zero-order valence-corrected chi connectivity index (χ0v) is 7.63. The quantitative estimate of drug-likeness (QED) is 0.632. The van der Waals surface area contributed by atoms with Gasteiger partial charge in [-0.15, -0.1) is 0 Å². The average molecular weight is 163 g/mol. The molecule has 0 saturated carbocycles. The van der Waals surface area contributed by atoms with Gasteiger partial charge in [-0.25, -0.2) is 0 Å². The van der Waals surface area contributed by atoms with E-state index >= 15 is 0 Å². The maximum atomic E-state index is 9.51. The van der Waals surface area contributed by atoms with Crippen LogP contribution in [0.2, 0.25) is 0 Å². The predicted octanol–water partition coefficient (Wildman–Crippen LogP) is 2.14. The van der Waals surface area contributed by atoms with Crippen LogP contribution >= 0.6 is 0 Å². The molecule has 1 rings (SSSR count). The predicted molar refractivity (Wildman–Crippen MR) is 51.0 cm³/mol. The zero-order valence-electron chi connectivity index (χ0n) is 7.63. The third kappa shape index (κ3) is 1.64. The Balaban J connectivity index is 3.18. The molecule has 0 bridgehead atoms. The number of hydrogen-bond donors (Lipinski definition) is 1. The van der Waals surface area contributed by atoms with Crippen LogP contribution in [0.4, 0.5) is 0 Å². The summed E-state index contributed by atoms with van der Waals surface area (Å²) in [6, 6.07) is 5.58. The number of benzene rings is 1. The van der Waals surface area contributed by atoms with Gasteiger partial charge in [0.15, 0.2) is 0 Å². The van der Waals surface area contributed by atoms with Crippen LogP contribution in [0.3, 0.4) is 0 Å². The molecule has 0 amide bonds. The smallest absolute Gasteiger partial charge is 0.124 e. The molecule has 2 nitrogen and oxygen atoms in total. The molecule has 1 N–H and O–H groups in total. The van der Waals surface area contributed by atoms with Gasteiger partial charge in [-0.05, 0) is 31.5 Å². The first kappa shape index (κ1) is 8.78. The minimum Gasteiger partial charge on any atom is -0.507 e. The maximum absolute atomic E-state index is 9.51. The fourth-order valence-electron chi connectivity index (χ4n) is 1.07. The molecule has 0 atom stereocenters. The number of phenolic OH excluding ortho intramolecular Hbond substituents is 1. The van der Waals surface area contributed by atoms with Gasteiger partial charge in [0.05, 0.1) is 0 Å². The van der Waals surface area contributed by atoms with Crippen LogP contribution in [0, 0.1) is 6.92 Å². The molecule has 1 aromatic rings. The molecule has 1 aromatic carbocycles. The molecule has 64 valence electrons. The lowest BCUT2D eigenvalue weighted by molar-refractivity contribution is 0.473. The van der Waals surface area contributed by atoms with E-state index in [4.69, 9.17) is 0 Å². The van der Waals surface area contributed by atoms with Gasteiger partial charge in [0, 0.05) is 18.3 Å². The van der Waals surface area contributed by atoms with Gasteiger partial charge in [-0.2, -0.15) is 0 Å². The summed E-state index contributed by atoms with van der Waals surface area (Å²) in [5, 5.41) is 9.51. The molecule has 2 heteroatoms. The van der Waals surface area contributed by atoms with Gasteiger partial charge >= 0.3 is 0 Å². The van der Waals surface area contributed by atoms with Gasteiger partial charge in [0.1, 0.15) is 5.75 Å². The highest BCUT2D eigenvalue weighted by Crippen LogP contribution is 2.18. The van der Waals surface area contributed by atoms with Crippen LogP contribution < -0.4 is 0 Å². The molecule has 0 fully saturated rings. The summed E-state index contributed by atoms with van der Waals surface area (Å²) >= 11 is 0. The Morgan fingerprint density at radius 3 is 2.58 bits per heavy atom. The lowest BCUT2D eigenvalue weighted by Gasteiger charge is -2.03. The van der Waals surface area contributed by atoms with Crippen molar-refractivity contribution in [2.75, 3.05) is 7.05 Å². The van der Waals surface area contributed by atoms with Gasteiger partial charge in [0.2, 0.25) is 0 Å². The Kier molecular flexibility index (Phi) is 2.48. The van der Waals surface area contributed by atoms with E-state index in [0.717, 1.165) is 16.8 Å². The second-order valence-corrected chi connectivity index (χ2v) is 2.83. The number of nitrogens with zero attached hydrogens (tertiary/aromatic N) is 1. The van der Waals surface area contributed by atoms with Crippen molar-refractivity contribution >= 4 is 5.71 Å². The van der Waals surface area contributed by atoms with E-state index < -0.39 is 0 Å². The molecule has 0 aliphatic rings. The largest absolute Gasteiger partial charge is 0.507 e. The van der Waals surface area contributed by atoms with E-state index in [9.17, 15) is 5.11 Å². The number of aromatic hydroxyl groups is 1. The fourth-order valence-corrected chi connectivity index (χ4v) is 1.07. The standard InChI is InChI=1S/C10H13NO/c1-7-4-5-9(8(2)11-3)10(12)6-7/h4-6,12H,1-3H3/b11-8+. The number of hydrogen-bond acceptors (Lipinski definition) is 2. The summed E-state index contributed by atoms with van der Waals surface area (Å²) in [5.41, 5.74) is 2.72. The maximum Gasteiger partial charge on any atom is 0.124 e. The summed E-state index contributed by atoms with van der Waals surface area (Å²) in [6.07, 6.45) is 0. The van der Waals surface area contributed by atoms with Gasteiger partial charge < -0.3 is 5.11 Å². The number of rotatable bonds is 1. The van der Waals surface area contributed by atoms with Gasteiger partial charge in [-0.1, -0.05) is 6.07 Å². The van der Waals surface area contributed by atoms with Crippen LogP contribution in [-0.2, 0) is 0 Å². The number of aryl methyl sites for hydroxylation is 1. The van der Waals surface area contributed by atoms with Crippen molar-refractivity contribution in [3.63, 3.8) is 0 Å². The van der Waals surface area contributed by atoms with Gasteiger partial charge in [-0.3, -0.25) is 4.99 Å². The molecule has 0 heterocycles. The van der Waals surface area contributed by atoms with Crippen LogP contribution in [0.15, 0.2) is 23.2 Å². The summed E-state index contributed by atoms with van der Waals surface area (Å²) in [4.78, 5) is 4.01. The SMILES string of the molecule is C/N=C(\C)c1ccc(C)cc1O. The van der Waals surface area contributed by atoms with Crippen LogP contribution in [0.5, 0.6) is 5.75 Å². The van der Waals surface area contributed by atoms with E-state index in [1.165, 1.54) is 0 Å². The molecular weight excluding hydrogens is 150 g/mol. The Hall–Kier alpha value is -1.31. The van der Waals surface area contributed by atoms with E-state index in [1.807, 2.05) is 26.0 Å². The summed E-state index contributed by atoms with van der Waals surface area (Å²) < 4.78 is 0. The Labute approximate surface area is 72.6 Å². The molecule has 0 unspecified atom stereocenters. The minimum atomic E-state index is 0.304. The Bertz CT molecular complexity index is 316. The highest BCUT2D eigenvalue weighted by Gasteiger charge is 2.02. The van der Waals surface area contributed by atoms with Gasteiger partial charge in [0.25, 0.3) is 0 Å². The van der Waals surface area contributed by atoms with E-state index in [2.05, 4.69) is 4.99 Å². The van der Waals surface area contributed by atoms with Crippen molar-refractivity contribution in [1.29, 1.82) is 0 Å². The first-order valence-corrected chi connectivity index (χ1v) is 3.88. The molecular formula is C10H13NO. The lowest BCUT2D eigenvalue weighted by Crippen LogP contribution is -1.94. The molecule has 0 spiro atoms. The second-order valence-electron chi connectivity index (χ2n) is 2.83. The zero-order chi connectivity index (χ0) is 9.14. The summed E-state index contributed by atoms with van der Waals surface area (Å²) in [5.74, 6) is 0.304. The normalized spacial score (nSPS) is 11.8. The van der Waals surface area contributed by atoms with E-state index in [1.54, 1.807) is 13.1 Å². The summed E-state index contributed by atoms with van der Waals surface area (Å²) in [6.45, 7) is 3.83. The van der Waals surface area contributed by atoms with Crippen LogP contribution in [0.1, 0.15) is 18.1 Å². The number of aliphatic imine (C=N–C) groups is 1. The van der Waals surface area contributed by atoms with Crippen molar-refractivity contribution in [2.24, 2.45) is 4.99 Å². The minimum absolute atomic E-state index is 0.304. The molecule has 0 aliphatic carbocycles.